The Balaban J connectivity index is 1.40. The average Bonchev–Trinajstić information content (AvgIpc) is 3.40. The molecule has 2 N–H and O–H groups in total. The molecule has 9 heteroatoms. The number of hydrogen-bond acceptors (Lipinski definition) is 5. The fourth-order valence-corrected chi connectivity index (χ4v) is 5.60. The zero-order valence-electron chi connectivity index (χ0n) is 25.6. The number of nitrogens with zero attached hydrogens (tertiary/aromatic N) is 4. The summed E-state index contributed by atoms with van der Waals surface area (Å²) >= 11 is 0. The van der Waals surface area contributed by atoms with Gasteiger partial charge in [-0.1, -0.05) is 32.9 Å². The van der Waals surface area contributed by atoms with Crippen LogP contribution in [-0.2, 0) is 4.79 Å². The summed E-state index contributed by atoms with van der Waals surface area (Å²) in [6.07, 6.45) is 5.84. The molecule has 0 atom stereocenters. The van der Waals surface area contributed by atoms with Gasteiger partial charge in [-0.05, 0) is 92.3 Å². The molecule has 4 aromatic rings. The van der Waals surface area contributed by atoms with E-state index in [2.05, 4.69) is 39.7 Å². The first-order valence-electron chi connectivity index (χ1n) is 14.7. The van der Waals surface area contributed by atoms with E-state index in [4.69, 9.17) is 0 Å². The summed E-state index contributed by atoms with van der Waals surface area (Å²) in [7, 11) is 3.73. The Labute approximate surface area is 252 Å². The highest BCUT2D eigenvalue weighted by Gasteiger charge is 2.25. The van der Waals surface area contributed by atoms with Gasteiger partial charge in [0.2, 0.25) is 5.91 Å². The van der Waals surface area contributed by atoms with Crippen LogP contribution in [0.25, 0.3) is 10.9 Å². The maximum atomic E-state index is 13.7. The molecule has 224 valence electrons. The lowest BCUT2D eigenvalue weighted by molar-refractivity contribution is -0.119. The molecule has 3 amide bonds. The first kappa shape index (κ1) is 30.0. The molecule has 9 nitrogen and oxygen atoms in total. The van der Waals surface area contributed by atoms with Gasteiger partial charge in [0.05, 0.1) is 11.2 Å². The third-order valence-electron chi connectivity index (χ3n) is 7.90. The molecule has 2 aromatic heterocycles. The normalized spacial score (nSPS) is 14.4. The average molecular weight is 581 g/mol. The van der Waals surface area contributed by atoms with Gasteiger partial charge in [0, 0.05) is 48.6 Å². The number of amides is 3. The second kappa shape index (κ2) is 12.4. The number of aromatic nitrogens is 2. The van der Waals surface area contributed by atoms with Crippen LogP contribution in [0.5, 0.6) is 0 Å². The molecule has 0 aliphatic carbocycles. The highest BCUT2D eigenvalue weighted by atomic mass is 16.2. The third kappa shape index (κ3) is 6.94. The quantitative estimate of drug-likeness (QED) is 0.276. The zero-order chi connectivity index (χ0) is 30.7. The number of benzene rings is 2. The van der Waals surface area contributed by atoms with E-state index in [0.29, 0.717) is 35.1 Å². The number of piperidine rings is 1. The SMILES string of the molecule is CNC(=O)n1ccc2cc(N(C(=O)CC(C)(C)C)c3ccnc(NC(=O)c4ccc(C5CCN(C)CC5)cc4)c3)ccc21. The van der Waals surface area contributed by atoms with Crippen LogP contribution >= 0.6 is 0 Å². The van der Waals surface area contributed by atoms with E-state index >= 15 is 0 Å². The largest absolute Gasteiger partial charge is 0.340 e. The standard InChI is InChI=1S/C34H40N6O3/c1-34(2,3)22-31(41)40(27-10-11-29-26(20-27)15-19-39(29)33(43)35-4)28-12-16-36-30(21-28)37-32(42)25-8-6-23(7-9-25)24-13-17-38(5)18-14-24/h6-12,15-16,19-21,24H,13-14,17-18,22H2,1-5H3,(H,35,43)(H,36,37,42). The Morgan fingerprint density at radius 3 is 2.33 bits per heavy atom. The number of carbonyl (C=O) groups is 3. The lowest BCUT2D eigenvalue weighted by atomic mass is 9.89. The Hall–Kier alpha value is -4.50. The zero-order valence-corrected chi connectivity index (χ0v) is 25.6. The summed E-state index contributed by atoms with van der Waals surface area (Å²) in [4.78, 5) is 47.5. The summed E-state index contributed by atoms with van der Waals surface area (Å²) in [5.41, 5.74) is 3.55. The van der Waals surface area contributed by atoms with Crippen LogP contribution in [0.3, 0.4) is 0 Å². The molecule has 0 saturated carbocycles. The summed E-state index contributed by atoms with van der Waals surface area (Å²) in [6, 6.07) is 18.5. The van der Waals surface area contributed by atoms with E-state index in [1.165, 1.54) is 10.1 Å². The second-order valence-corrected chi connectivity index (χ2v) is 12.5. The van der Waals surface area contributed by atoms with E-state index < -0.39 is 0 Å². The fourth-order valence-electron chi connectivity index (χ4n) is 5.60. The Bertz CT molecular complexity index is 1630. The first-order chi connectivity index (χ1) is 20.5. The maximum absolute atomic E-state index is 13.7. The maximum Gasteiger partial charge on any atom is 0.325 e. The molecule has 0 spiro atoms. The van der Waals surface area contributed by atoms with Crippen molar-refractivity contribution in [2.24, 2.45) is 5.41 Å². The second-order valence-electron chi connectivity index (χ2n) is 12.5. The molecule has 1 fully saturated rings. The number of pyridine rings is 1. The number of fused-ring (bicyclic) bond motifs is 1. The number of hydrogen-bond donors (Lipinski definition) is 2. The molecule has 3 heterocycles. The van der Waals surface area contributed by atoms with Crippen molar-refractivity contribution in [2.75, 3.05) is 37.4 Å². The molecule has 2 aromatic carbocycles. The predicted molar refractivity (Wildman–Crippen MR) is 171 cm³/mol. The molecular weight excluding hydrogens is 540 g/mol. The molecule has 1 saturated heterocycles. The molecule has 5 rings (SSSR count). The van der Waals surface area contributed by atoms with Crippen LogP contribution in [0.1, 0.15) is 61.9 Å². The van der Waals surface area contributed by atoms with Gasteiger partial charge < -0.3 is 15.5 Å². The number of likely N-dealkylation sites (tertiary alicyclic amines) is 1. The summed E-state index contributed by atoms with van der Waals surface area (Å²) < 4.78 is 1.53. The Kier molecular flexibility index (Phi) is 8.64. The summed E-state index contributed by atoms with van der Waals surface area (Å²) in [6.45, 7) is 8.23. The van der Waals surface area contributed by atoms with Crippen molar-refractivity contribution >= 4 is 45.9 Å². The van der Waals surface area contributed by atoms with Crippen molar-refractivity contribution in [3.63, 3.8) is 0 Å². The van der Waals surface area contributed by atoms with Crippen molar-refractivity contribution in [1.82, 2.24) is 19.8 Å². The highest BCUT2D eigenvalue weighted by molar-refractivity contribution is 6.06. The van der Waals surface area contributed by atoms with Gasteiger partial charge in [0.25, 0.3) is 5.91 Å². The van der Waals surface area contributed by atoms with Gasteiger partial charge in [0.1, 0.15) is 5.82 Å². The third-order valence-corrected chi connectivity index (χ3v) is 7.90. The van der Waals surface area contributed by atoms with Crippen molar-refractivity contribution in [2.45, 2.75) is 46.0 Å². The molecule has 0 unspecified atom stereocenters. The van der Waals surface area contributed by atoms with Gasteiger partial charge >= 0.3 is 6.03 Å². The predicted octanol–water partition coefficient (Wildman–Crippen LogP) is 6.39. The number of anilines is 3. The van der Waals surface area contributed by atoms with Gasteiger partial charge in [-0.25, -0.2) is 9.78 Å². The van der Waals surface area contributed by atoms with Crippen LogP contribution < -0.4 is 15.5 Å². The topological polar surface area (TPSA) is 99.6 Å². The fraction of sp³-hybridized carbons (Fsp3) is 0.353. The van der Waals surface area contributed by atoms with Crippen LogP contribution in [0, 0.1) is 5.41 Å². The van der Waals surface area contributed by atoms with Crippen LogP contribution in [0.15, 0.2) is 73.1 Å². The van der Waals surface area contributed by atoms with Crippen LogP contribution in [0.2, 0.25) is 0 Å². The lowest BCUT2D eigenvalue weighted by Crippen LogP contribution is -2.29. The van der Waals surface area contributed by atoms with Crippen LogP contribution in [-0.4, -0.2) is 59.5 Å². The molecule has 0 radical (unpaired) electrons. The van der Waals surface area contributed by atoms with Gasteiger partial charge in [0.15, 0.2) is 0 Å². The van der Waals surface area contributed by atoms with Gasteiger partial charge in [-0.15, -0.1) is 0 Å². The Morgan fingerprint density at radius 2 is 1.65 bits per heavy atom. The molecule has 0 bridgehead atoms. The number of nitrogens with one attached hydrogen (secondary N) is 2. The van der Waals surface area contributed by atoms with Crippen molar-refractivity contribution in [3.05, 3.63) is 84.2 Å². The smallest absolute Gasteiger partial charge is 0.325 e. The number of carbonyl (C=O) groups excluding carboxylic acids is 3. The van der Waals surface area contributed by atoms with Gasteiger partial charge in [-0.2, -0.15) is 0 Å². The molecular formula is C34H40N6O3. The van der Waals surface area contributed by atoms with Gasteiger partial charge in [-0.3, -0.25) is 19.1 Å². The van der Waals surface area contributed by atoms with Crippen molar-refractivity contribution < 1.29 is 14.4 Å². The van der Waals surface area contributed by atoms with E-state index in [0.717, 1.165) is 36.8 Å². The molecule has 1 aliphatic rings. The Morgan fingerprint density at radius 1 is 0.953 bits per heavy atom. The number of rotatable bonds is 6. The minimum atomic E-state index is -0.260. The minimum Gasteiger partial charge on any atom is -0.340 e. The van der Waals surface area contributed by atoms with Crippen LogP contribution in [0.4, 0.5) is 22.0 Å². The highest BCUT2D eigenvalue weighted by Crippen LogP contribution is 2.33. The van der Waals surface area contributed by atoms with Crippen molar-refractivity contribution in [1.29, 1.82) is 0 Å². The molecule has 1 aliphatic heterocycles. The monoisotopic (exact) mass is 580 g/mol. The van der Waals surface area contributed by atoms with Crippen molar-refractivity contribution in [3.8, 4) is 0 Å². The first-order valence-corrected chi connectivity index (χ1v) is 14.7. The van der Waals surface area contributed by atoms with E-state index in [-0.39, 0.29) is 23.3 Å². The van der Waals surface area contributed by atoms with E-state index in [1.54, 1.807) is 36.5 Å². The lowest BCUT2D eigenvalue weighted by Gasteiger charge is -2.29. The summed E-state index contributed by atoms with van der Waals surface area (Å²) in [5.74, 6) is 0.516. The van der Waals surface area contributed by atoms with E-state index in [1.807, 2.05) is 57.2 Å². The molecule has 43 heavy (non-hydrogen) atoms. The van der Waals surface area contributed by atoms with E-state index in [9.17, 15) is 14.4 Å². The summed E-state index contributed by atoms with van der Waals surface area (Å²) in [5, 5.41) is 6.36. The minimum absolute atomic E-state index is 0.0921.